The molecular weight excluding hydrogens is 208 g/mol. The normalized spacial score (nSPS) is 21.5. The zero-order chi connectivity index (χ0) is 9.47. The maximum absolute atomic E-state index is 11.2. The first-order valence-electron chi connectivity index (χ1n) is 4.10. The summed E-state index contributed by atoms with van der Waals surface area (Å²) in [6.45, 7) is 0. The second-order valence-corrected chi connectivity index (χ2v) is 6.01. The van der Waals surface area contributed by atoms with Crippen LogP contribution in [0.5, 0.6) is 0 Å². The van der Waals surface area contributed by atoms with Gasteiger partial charge < -0.3 is 0 Å². The fourth-order valence-corrected chi connectivity index (χ4v) is 3.30. The van der Waals surface area contributed by atoms with Crippen molar-refractivity contribution in [1.82, 2.24) is 0 Å². The van der Waals surface area contributed by atoms with Gasteiger partial charge in [0.1, 0.15) is 5.25 Å². The van der Waals surface area contributed by atoms with E-state index in [4.69, 9.17) is 10.7 Å². The maximum Gasteiger partial charge on any atom is 0.239 e. The van der Waals surface area contributed by atoms with Crippen LogP contribution in [0, 0.1) is 0 Å². The van der Waals surface area contributed by atoms with Gasteiger partial charge in [0.25, 0.3) is 0 Å². The fraction of sp³-hybridized carbons (Fsp3) is 0.333. The predicted octanol–water partition coefficient (Wildman–Crippen LogP) is 2.24. The van der Waals surface area contributed by atoms with Crippen LogP contribution in [0.2, 0.25) is 0 Å². The first kappa shape index (κ1) is 9.03. The number of hydrogen-bond donors (Lipinski definition) is 0. The topological polar surface area (TPSA) is 34.1 Å². The first-order valence-corrected chi connectivity index (χ1v) is 6.47. The van der Waals surface area contributed by atoms with Gasteiger partial charge in [-0.2, -0.15) is 0 Å². The Morgan fingerprint density at radius 3 is 2.69 bits per heavy atom. The van der Waals surface area contributed by atoms with Gasteiger partial charge in [-0.05, 0) is 24.0 Å². The average molecular weight is 217 g/mol. The summed E-state index contributed by atoms with van der Waals surface area (Å²) in [5.74, 6) is 0. The van der Waals surface area contributed by atoms with Crippen LogP contribution in [0.3, 0.4) is 0 Å². The van der Waals surface area contributed by atoms with Crippen LogP contribution in [0.25, 0.3) is 0 Å². The van der Waals surface area contributed by atoms with Gasteiger partial charge >= 0.3 is 0 Å². The zero-order valence-corrected chi connectivity index (χ0v) is 8.48. The molecule has 13 heavy (non-hydrogen) atoms. The minimum absolute atomic E-state index is 0.495. The number of benzene rings is 1. The van der Waals surface area contributed by atoms with Gasteiger partial charge in [-0.1, -0.05) is 24.3 Å². The van der Waals surface area contributed by atoms with Crippen LogP contribution in [0.1, 0.15) is 22.8 Å². The van der Waals surface area contributed by atoms with E-state index in [0.717, 1.165) is 17.5 Å². The Hall–Kier alpha value is -0.540. The quantitative estimate of drug-likeness (QED) is 0.675. The average Bonchev–Trinajstić information content (AvgIpc) is 2.45. The molecule has 4 heteroatoms. The van der Waals surface area contributed by atoms with Crippen LogP contribution in [-0.2, 0) is 15.5 Å². The first-order chi connectivity index (χ1) is 6.09. The summed E-state index contributed by atoms with van der Waals surface area (Å²) in [6.07, 6.45) is 1.43. The Morgan fingerprint density at radius 2 is 2.00 bits per heavy atom. The molecule has 0 aliphatic heterocycles. The molecule has 0 N–H and O–H groups in total. The molecule has 0 aromatic heterocycles. The van der Waals surface area contributed by atoms with Gasteiger partial charge in [-0.3, -0.25) is 0 Å². The van der Waals surface area contributed by atoms with Crippen LogP contribution in [0.15, 0.2) is 24.3 Å². The van der Waals surface area contributed by atoms with Gasteiger partial charge in [0.15, 0.2) is 0 Å². The molecule has 0 saturated carbocycles. The molecule has 0 heterocycles. The second-order valence-electron chi connectivity index (χ2n) is 3.20. The number of hydrogen-bond acceptors (Lipinski definition) is 2. The molecule has 0 saturated heterocycles. The molecular formula is C9H9ClO2S. The van der Waals surface area contributed by atoms with Crippen molar-refractivity contribution in [1.29, 1.82) is 0 Å². The standard InChI is InChI=1S/C9H9ClO2S/c10-13(11,12)9-6-5-7-3-1-2-4-8(7)9/h1-4,9H,5-6H2. The van der Waals surface area contributed by atoms with Crippen molar-refractivity contribution in [3.8, 4) is 0 Å². The summed E-state index contributed by atoms with van der Waals surface area (Å²) < 4.78 is 22.3. The third-order valence-electron chi connectivity index (χ3n) is 2.42. The lowest BCUT2D eigenvalue weighted by molar-refractivity contribution is 0.595. The Kier molecular flexibility index (Phi) is 2.08. The van der Waals surface area contributed by atoms with Crippen molar-refractivity contribution in [2.24, 2.45) is 0 Å². The molecule has 0 radical (unpaired) electrons. The van der Waals surface area contributed by atoms with Crippen molar-refractivity contribution in [2.45, 2.75) is 18.1 Å². The molecule has 0 bridgehead atoms. The molecule has 1 aromatic carbocycles. The number of fused-ring (bicyclic) bond motifs is 1. The van der Waals surface area contributed by atoms with E-state index in [2.05, 4.69) is 0 Å². The van der Waals surface area contributed by atoms with Crippen LogP contribution < -0.4 is 0 Å². The summed E-state index contributed by atoms with van der Waals surface area (Å²) >= 11 is 0. The molecule has 1 aromatic rings. The molecule has 1 atom stereocenters. The zero-order valence-electron chi connectivity index (χ0n) is 6.90. The lowest BCUT2D eigenvalue weighted by Gasteiger charge is -2.05. The highest BCUT2D eigenvalue weighted by molar-refractivity contribution is 8.13. The van der Waals surface area contributed by atoms with Crippen LogP contribution >= 0.6 is 10.7 Å². The highest BCUT2D eigenvalue weighted by atomic mass is 35.7. The van der Waals surface area contributed by atoms with E-state index in [9.17, 15) is 8.42 Å². The van der Waals surface area contributed by atoms with Crippen LogP contribution in [0.4, 0.5) is 0 Å². The van der Waals surface area contributed by atoms with Crippen molar-refractivity contribution in [3.63, 3.8) is 0 Å². The predicted molar refractivity (Wildman–Crippen MR) is 52.3 cm³/mol. The van der Waals surface area contributed by atoms with Crippen LogP contribution in [-0.4, -0.2) is 8.42 Å². The minimum Gasteiger partial charge on any atom is -0.212 e. The van der Waals surface area contributed by atoms with Gasteiger partial charge in [0, 0.05) is 10.7 Å². The van der Waals surface area contributed by atoms with Gasteiger partial charge in [-0.25, -0.2) is 8.42 Å². The highest BCUT2D eigenvalue weighted by Crippen LogP contribution is 2.38. The van der Waals surface area contributed by atoms with E-state index in [1.807, 2.05) is 24.3 Å². The van der Waals surface area contributed by atoms with Crippen molar-refractivity contribution >= 4 is 19.7 Å². The third kappa shape index (κ3) is 1.58. The molecule has 1 unspecified atom stereocenters. The van der Waals surface area contributed by atoms with E-state index in [-0.39, 0.29) is 0 Å². The van der Waals surface area contributed by atoms with Gasteiger partial charge in [-0.15, -0.1) is 0 Å². The molecule has 1 aliphatic rings. The summed E-state index contributed by atoms with van der Waals surface area (Å²) in [6, 6.07) is 7.56. The molecule has 0 spiro atoms. The summed E-state index contributed by atoms with van der Waals surface area (Å²) in [4.78, 5) is 0. The second kappa shape index (κ2) is 3.00. The SMILES string of the molecule is O=S(=O)(Cl)C1CCc2ccccc21. The summed E-state index contributed by atoms with van der Waals surface area (Å²) in [5, 5.41) is -0.495. The summed E-state index contributed by atoms with van der Waals surface area (Å²) in [7, 11) is 1.90. The molecule has 0 fully saturated rings. The van der Waals surface area contributed by atoms with Crippen molar-refractivity contribution in [3.05, 3.63) is 35.4 Å². The van der Waals surface area contributed by atoms with E-state index in [1.165, 1.54) is 0 Å². The van der Waals surface area contributed by atoms with Crippen molar-refractivity contribution in [2.75, 3.05) is 0 Å². The van der Waals surface area contributed by atoms with Gasteiger partial charge in [0.2, 0.25) is 9.05 Å². The lowest BCUT2D eigenvalue weighted by atomic mass is 10.1. The maximum atomic E-state index is 11.2. The Morgan fingerprint density at radius 1 is 1.31 bits per heavy atom. The largest absolute Gasteiger partial charge is 0.239 e. The highest BCUT2D eigenvalue weighted by Gasteiger charge is 2.31. The molecule has 2 nitrogen and oxygen atoms in total. The Labute approximate surface area is 82.0 Å². The molecule has 70 valence electrons. The molecule has 2 rings (SSSR count). The van der Waals surface area contributed by atoms with E-state index in [1.54, 1.807) is 0 Å². The van der Waals surface area contributed by atoms with E-state index >= 15 is 0 Å². The minimum atomic E-state index is -3.44. The Bertz CT molecular complexity index is 425. The van der Waals surface area contributed by atoms with Gasteiger partial charge in [0.05, 0.1) is 0 Å². The monoisotopic (exact) mass is 216 g/mol. The summed E-state index contributed by atoms with van der Waals surface area (Å²) in [5.41, 5.74) is 1.98. The van der Waals surface area contributed by atoms with E-state index in [0.29, 0.717) is 6.42 Å². The fourth-order valence-electron chi connectivity index (χ4n) is 1.81. The number of halogens is 1. The number of rotatable bonds is 1. The molecule has 1 aliphatic carbocycles. The number of aryl methyl sites for hydroxylation is 1. The lowest BCUT2D eigenvalue weighted by Crippen LogP contribution is -2.02. The smallest absolute Gasteiger partial charge is 0.212 e. The molecule has 0 amide bonds. The Balaban J connectivity index is 2.51. The van der Waals surface area contributed by atoms with Crippen molar-refractivity contribution < 1.29 is 8.42 Å². The third-order valence-corrected chi connectivity index (χ3v) is 4.23. The van der Waals surface area contributed by atoms with E-state index < -0.39 is 14.3 Å².